The van der Waals surface area contributed by atoms with Gasteiger partial charge < -0.3 is 9.47 Å². The molecule has 0 fully saturated rings. The van der Waals surface area contributed by atoms with E-state index in [0.717, 1.165) is 30.4 Å². The summed E-state index contributed by atoms with van der Waals surface area (Å²) in [6, 6.07) is 13.1. The summed E-state index contributed by atoms with van der Waals surface area (Å²) in [4.78, 5) is 22.7. The van der Waals surface area contributed by atoms with Crippen LogP contribution in [0.15, 0.2) is 66.8 Å². The molecule has 0 spiro atoms. The number of hydrogen-bond donors (Lipinski definition) is 0. The first kappa shape index (κ1) is 24.1. The van der Waals surface area contributed by atoms with Crippen LogP contribution < -0.4 is 0 Å². The molecule has 164 valence electrons. The van der Waals surface area contributed by atoms with Crippen molar-refractivity contribution in [2.75, 3.05) is 13.2 Å². The molecular weight excluding hydrogens is 395 g/mol. The van der Waals surface area contributed by atoms with Gasteiger partial charge in [-0.1, -0.05) is 49.6 Å². The summed E-state index contributed by atoms with van der Waals surface area (Å²) < 4.78 is 24.6. The summed E-state index contributed by atoms with van der Waals surface area (Å²) in [5.41, 5.74) is 4.13. The first-order valence-corrected chi connectivity index (χ1v) is 10.3. The van der Waals surface area contributed by atoms with Crippen LogP contribution in [0.3, 0.4) is 0 Å². The Kier molecular flexibility index (Phi) is 9.19. The average molecular weight is 425 g/mol. The highest BCUT2D eigenvalue weighted by Gasteiger charge is 2.08. The fraction of sp³-hybridized carbons (Fsp3) is 0.308. The van der Waals surface area contributed by atoms with Crippen molar-refractivity contribution < 1.29 is 23.5 Å². The molecule has 0 unspecified atom stereocenters. The van der Waals surface area contributed by atoms with Crippen LogP contribution in [0.5, 0.6) is 0 Å². The Labute approximate surface area is 183 Å². The zero-order chi connectivity index (χ0) is 22.8. The molecule has 0 amide bonds. The topological polar surface area (TPSA) is 52.6 Å². The Morgan fingerprint density at radius 1 is 0.806 bits per heavy atom. The first-order valence-electron chi connectivity index (χ1n) is 10.3. The number of rotatable bonds is 11. The Hall–Kier alpha value is -3.21. The van der Waals surface area contributed by atoms with E-state index in [9.17, 15) is 14.0 Å². The molecule has 0 saturated carbocycles. The molecule has 31 heavy (non-hydrogen) atoms. The summed E-state index contributed by atoms with van der Waals surface area (Å²) in [6.07, 6.45) is 2.88. The second-order valence-corrected chi connectivity index (χ2v) is 7.54. The minimum absolute atomic E-state index is 0.114. The van der Waals surface area contributed by atoms with Gasteiger partial charge in [-0.05, 0) is 61.4 Å². The van der Waals surface area contributed by atoms with Crippen molar-refractivity contribution in [3.63, 3.8) is 0 Å². The predicted octanol–water partition coefficient (Wildman–Crippen LogP) is 5.60. The number of aryl methyl sites for hydroxylation is 1. The van der Waals surface area contributed by atoms with E-state index in [1.54, 1.807) is 19.9 Å². The summed E-state index contributed by atoms with van der Waals surface area (Å²) in [5.74, 6) is -1.14. The maximum absolute atomic E-state index is 14.4. The molecule has 0 radical (unpaired) electrons. The van der Waals surface area contributed by atoms with Gasteiger partial charge in [0, 0.05) is 17.6 Å². The minimum atomic E-state index is -0.468. The zero-order valence-electron chi connectivity index (χ0n) is 18.2. The fourth-order valence-electron chi connectivity index (χ4n) is 2.89. The Morgan fingerprint density at radius 3 is 1.97 bits per heavy atom. The van der Waals surface area contributed by atoms with E-state index in [-0.39, 0.29) is 18.4 Å². The lowest BCUT2D eigenvalue weighted by Crippen LogP contribution is -2.08. The summed E-state index contributed by atoms with van der Waals surface area (Å²) in [5, 5.41) is 0. The number of halogens is 1. The molecule has 0 N–H and O–H groups in total. The van der Waals surface area contributed by atoms with Crippen LogP contribution in [0.2, 0.25) is 0 Å². The van der Waals surface area contributed by atoms with Crippen molar-refractivity contribution >= 4 is 11.9 Å². The second-order valence-electron chi connectivity index (χ2n) is 7.54. The van der Waals surface area contributed by atoms with Crippen LogP contribution in [-0.2, 0) is 31.9 Å². The van der Waals surface area contributed by atoms with E-state index in [1.165, 1.54) is 11.6 Å². The van der Waals surface area contributed by atoms with Crippen LogP contribution in [0.4, 0.5) is 4.39 Å². The second kappa shape index (κ2) is 11.8. The van der Waals surface area contributed by atoms with Crippen LogP contribution in [-0.4, -0.2) is 25.2 Å². The number of carbonyl (C=O) groups is 2. The van der Waals surface area contributed by atoms with E-state index < -0.39 is 5.97 Å². The minimum Gasteiger partial charge on any atom is -0.462 e. The summed E-state index contributed by atoms with van der Waals surface area (Å²) in [7, 11) is 0. The normalized spacial score (nSPS) is 10.4. The van der Waals surface area contributed by atoms with Crippen LogP contribution in [0.25, 0.3) is 11.1 Å². The summed E-state index contributed by atoms with van der Waals surface area (Å²) in [6.45, 7) is 10.8. The van der Waals surface area contributed by atoms with Crippen LogP contribution in [0, 0.1) is 5.82 Å². The molecule has 0 aromatic heterocycles. The average Bonchev–Trinajstić information content (AvgIpc) is 2.74. The SMILES string of the molecule is C=C(C)C(=O)OCCCCc1ccc(-c2ccc(CCOC(=O)C(=C)C)c(F)c2)cc1. The van der Waals surface area contributed by atoms with Crippen molar-refractivity contribution in [1.82, 2.24) is 0 Å². The fourth-order valence-corrected chi connectivity index (χ4v) is 2.89. The highest BCUT2D eigenvalue weighted by Crippen LogP contribution is 2.23. The first-order chi connectivity index (χ1) is 14.8. The lowest BCUT2D eigenvalue weighted by Gasteiger charge is -2.09. The maximum atomic E-state index is 14.4. The number of carbonyl (C=O) groups excluding carboxylic acids is 2. The molecule has 0 aliphatic rings. The van der Waals surface area contributed by atoms with E-state index in [2.05, 4.69) is 13.2 Å². The van der Waals surface area contributed by atoms with Crippen molar-refractivity contribution in [3.8, 4) is 11.1 Å². The largest absolute Gasteiger partial charge is 0.462 e. The van der Waals surface area contributed by atoms with Gasteiger partial charge >= 0.3 is 11.9 Å². The van der Waals surface area contributed by atoms with Gasteiger partial charge in [-0.25, -0.2) is 14.0 Å². The molecule has 0 heterocycles. The molecule has 0 aliphatic heterocycles. The third-order valence-electron chi connectivity index (χ3n) is 4.73. The molecule has 0 bridgehead atoms. The van der Waals surface area contributed by atoms with Gasteiger partial charge in [0.2, 0.25) is 0 Å². The molecule has 2 aromatic carbocycles. The van der Waals surface area contributed by atoms with E-state index in [1.807, 2.05) is 30.3 Å². The quantitative estimate of drug-likeness (QED) is 0.268. The monoisotopic (exact) mass is 424 g/mol. The van der Waals surface area contributed by atoms with Crippen molar-refractivity contribution in [1.29, 1.82) is 0 Å². The molecule has 5 heteroatoms. The Bertz CT molecular complexity index is 944. The van der Waals surface area contributed by atoms with E-state index in [4.69, 9.17) is 9.47 Å². The van der Waals surface area contributed by atoms with Gasteiger partial charge in [0.1, 0.15) is 5.82 Å². The highest BCUT2D eigenvalue weighted by molar-refractivity contribution is 5.87. The third kappa shape index (κ3) is 7.85. The Balaban J connectivity index is 1.84. The molecule has 0 aliphatic carbocycles. The van der Waals surface area contributed by atoms with Gasteiger partial charge in [0.25, 0.3) is 0 Å². The van der Waals surface area contributed by atoms with Gasteiger partial charge in [0.05, 0.1) is 13.2 Å². The van der Waals surface area contributed by atoms with Gasteiger partial charge in [0.15, 0.2) is 0 Å². The molecule has 2 aromatic rings. The highest BCUT2D eigenvalue weighted by atomic mass is 19.1. The smallest absolute Gasteiger partial charge is 0.333 e. The van der Waals surface area contributed by atoms with Gasteiger partial charge in [-0.3, -0.25) is 0 Å². The van der Waals surface area contributed by atoms with Crippen LogP contribution in [0.1, 0.15) is 37.8 Å². The van der Waals surface area contributed by atoms with Gasteiger partial charge in [-0.15, -0.1) is 0 Å². The molecule has 0 saturated heterocycles. The molecule has 4 nitrogen and oxygen atoms in total. The molecular formula is C26H29FO4. The summed E-state index contributed by atoms with van der Waals surface area (Å²) >= 11 is 0. The molecule has 2 rings (SSSR count). The van der Waals surface area contributed by atoms with Crippen molar-refractivity contribution in [2.45, 2.75) is 39.5 Å². The zero-order valence-corrected chi connectivity index (χ0v) is 18.2. The number of benzene rings is 2. The number of ether oxygens (including phenoxy) is 2. The lowest BCUT2D eigenvalue weighted by molar-refractivity contribution is -0.139. The Morgan fingerprint density at radius 2 is 1.39 bits per heavy atom. The standard InChI is InChI=1S/C26H29FO4/c1-18(2)25(28)30-15-6-5-7-20-8-10-21(11-9-20)23-13-12-22(24(27)17-23)14-16-31-26(29)19(3)4/h8-13,17H,1,3,5-7,14-16H2,2,4H3. The number of esters is 2. The number of unbranched alkanes of at least 4 members (excludes halogenated alkanes) is 1. The van der Waals surface area contributed by atoms with Crippen LogP contribution >= 0.6 is 0 Å². The van der Waals surface area contributed by atoms with Crippen molar-refractivity contribution in [3.05, 3.63) is 83.7 Å². The van der Waals surface area contributed by atoms with E-state index >= 15 is 0 Å². The number of hydrogen-bond acceptors (Lipinski definition) is 4. The van der Waals surface area contributed by atoms with Gasteiger partial charge in [-0.2, -0.15) is 0 Å². The molecule has 0 atom stereocenters. The maximum Gasteiger partial charge on any atom is 0.333 e. The predicted molar refractivity (Wildman–Crippen MR) is 120 cm³/mol. The third-order valence-corrected chi connectivity index (χ3v) is 4.73. The van der Waals surface area contributed by atoms with Crippen molar-refractivity contribution in [2.24, 2.45) is 0 Å². The lowest BCUT2D eigenvalue weighted by atomic mass is 10.00. The van der Waals surface area contributed by atoms with E-state index in [0.29, 0.717) is 29.7 Å².